The van der Waals surface area contributed by atoms with Crippen LogP contribution in [0.15, 0.2) is 35.1 Å². The van der Waals surface area contributed by atoms with Gasteiger partial charge in [-0.05, 0) is 12.5 Å². The summed E-state index contributed by atoms with van der Waals surface area (Å²) in [7, 11) is 0. The van der Waals surface area contributed by atoms with Crippen LogP contribution in [0.1, 0.15) is 35.9 Å². The molecule has 2 aromatic heterocycles. The topological polar surface area (TPSA) is 135 Å². The number of nitro benzene ring substituents is 1. The van der Waals surface area contributed by atoms with Gasteiger partial charge in [-0.15, -0.1) is 5.10 Å². The highest BCUT2D eigenvalue weighted by atomic mass is 16.6. The van der Waals surface area contributed by atoms with E-state index in [1.807, 2.05) is 6.92 Å². The highest BCUT2D eigenvalue weighted by Crippen LogP contribution is 2.15. The van der Waals surface area contributed by atoms with Crippen molar-refractivity contribution in [1.82, 2.24) is 19.6 Å². The quantitative estimate of drug-likeness (QED) is 0.511. The number of amides is 1. The van der Waals surface area contributed by atoms with Crippen LogP contribution in [0.5, 0.6) is 0 Å². The van der Waals surface area contributed by atoms with E-state index in [9.17, 15) is 19.7 Å². The number of nitrogens with one attached hydrogen (secondary N) is 2. The SMILES string of the molecule is CCCCc1nc2[nH]c(=O)cc(NC(=O)c3cccc([N+](=O)[O-])c3)n2n1. The van der Waals surface area contributed by atoms with Crippen LogP contribution in [-0.4, -0.2) is 30.4 Å². The standard InChI is InChI=1S/C16H16N6O4/c1-2-3-7-12-17-16-19-14(23)9-13(21(16)20-12)18-15(24)10-5-4-6-11(8-10)22(25)26/h4-6,8-9H,2-3,7H2,1H3,(H,18,24)(H,17,19,20,23). The number of fused-ring (bicyclic) bond motifs is 1. The van der Waals surface area contributed by atoms with Crippen molar-refractivity contribution in [2.75, 3.05) is 5.32 Å². The van der Waals surface area contributed by atoms with Crippen molar-refractivity contribution in [3.8, 4) is 0 Å². The van der Waals surface area contributed by atoms with Crippen LogP contribution in [0.4, 0.5) is 11.5 Å². The Morgan fingerprint density at radius 2 is 2.19 bits per heavy atom. The summed E-state index contributed by atoms with van der Waals surface area (Å²) in [6.07, 6.45) is 2.53. The van der Waals surface area contributed by atoms with Gasteiger partial charge in [0, 0.05) is 30.2 Å². The fourth-order valence-electron chi connectivity index (χ4n) is 2.41. The molecule has 0 atom stereocenters. The van der Waals surface area contributed by atoms with Gasteiger partial charge < -0.3 is 5.32 Å². The summed E-state index contributed by atoms with van der Waals surface area (Å²) in [5.74, 6) is 0.319. The monoisotopic (exact) mass is 356 g/mol. The van der Waals surface area contributed by atoms with Gasteiger partial charge in [0.05, 0.1) is 4.92 Å². The first-order valence-corrected chi connectivity index (χ1v) is 8.02. The van der Waals surface area contributed by atoms with Crippen LogP contribution in [0.2, 0.25) is 0 Å². The molecule has 3 rings (SSSR count). The van der Waals surface area contributed by atoms with Crippen molar-refractivity contribution in [2.45, 2.75) is 26.2 Å². The minimum atomic E-state index is -0.591. The largest absolute Gasteiger partial charge is 0.306 e. The highest BCUT2D eigenvalue weighted by Gasteiger charge is 2.15. The number of carbonyl (C=O) groups is 1. The first-order valence-electron chi connectivity index (χ1n) is 8.02. The first kappa shape index (κ1) is 17.3. The average Bonchev–Trinajstić information content (AvgIpc) is 3.02. The van der Waals surface area contributed by atoms with Gasteiger partial charge in [0.1, 0.15) is 5.82 Å². The molecule has 0 fully saturated rings. The van der Waals surface area contributed by atoms with Gasteiger partial charge in [0.25, 0.3) is 17.2 Å². The summed E-state index contributed by atoms with van der Waals surface area (Å²) in [5.41, 5.74) is -0.545. The number of nitrogens with zero attached hydrogens (tertiary/aromatic N) is 4. The summed E-state index contributed by atoms with van der Waals surface area (Å²) in [5, 5.41) is 17.7. The molecule has 0 bridgehead atoms. The van der Waals surface area contributed by atoms with Crippen molar-refractivity contribution in [3.63, 3.8) is 0 Å². The summed E-state index contributed by atoms with van der Waals surface area (Å²) in [4.78, 5) is 41.3. The number of H-pyrrole nitrogens is 1. The van der Waals surface area contributed by atoms with Crippen LogP contribution in [-0.2, 0) is 6.42 Å². The molecule has 0 saturated carbocycles. The third-order valence-electron chi connectivity index (χ3n) is 3.70. The Kier molecular flexibility index (Phi) is 4.74. The number of hydrogen-bond donors (Lipinski definition) is 2. The number of hydrogen-bond acceptors (Lipinski definition) is 6. The number of rotatable bonds is 6. The van der Waals surface area contributed by atoms with Gasteiger partial charge in [0.15, 0.2) is 5.82 Å². The number of carbonyl (C=O) groups excluding carboxylic acids is 1. The zero-order chi connectivity index (χ0) is 18.7. The van der Waals surface area contributed by atoms with E-state index in [0.29, 0.717) is 12.2 Å². The van der Waals surface area contributed by atoms with E-state index < -0.39 is 16.4 Å². The molecule has 2 N–H and O–H groups in total. The normalized spacial score (nSPS) is 10.8. The van der Waals surface area contributed by atoms with Crippen LogP contribution in [0.25, 0.3) is 5.78 Å². The van der Waals surface area contributed by atoms with Gasteiger partial charge in [0.2, 0.25) is 5.78 Å². The molecule has 0 spiro atoms. The van der Waals surface area contributed by atoms with Gasteiger partial charge in [-0.25, -0.2) is 0 Å². The van der Waals surface area contributed by atoms with Gasteiger partial charge in [-0.1, -0.05) is 19.4 Å². The number of non-ortho nitro benzene ring substituents is 1. The minimum absolute atomic E-state index is 0.0963. The molecule has 10 heteroatoms. The second-order valence-corrected chi connectivity index (χ2v) is 5.65. The van der Waals surface area contributed by atoms with Gasteiger partial charge in [-0.3, -0.25) is 24.7 Å². The second kappa shape index (κ2) is 7.13. The summed E-state index contributed by atoms with van der Waals surface area (Å²) < 4.78 is 1.33. The molecule has 0 saturated heterocycles. The Balaban J connectivity index is 1.93. The molecule has 0 radical (unpaired) electrons. The molecule has 1 amide bonds. The molecule has 0 aliphatic rings. The molecule has 26 heavy (non-hydrogen) atoms. The van der Waals surface area contributed by atoms with E-state index >= 15 is 0 Å². The lowest BCUT2D eigenvalue weighted by atomic mass is 10.2. The van der Waals surface area contributed by atoms with E-state index in [0.717, 1.165) is 18.9 Å². The number of aryl methyl sites for hydroxylation is 1. The fraction of sp³-hybridized carbons (Fsp3) is 0.250. The molecule has 2 heterocycles. The lowest BCUT2D eigenvalue weighted by Crippen LogP contribution is -2.18. The van der Waals surface area contributed by atoms with E-state index in [1.165, 1.54) is 28.8 Å². The summed E-state index contributed by atoms with van der Waals surface area (Å²) >= 11 is 0. The first-order chi connectivity index (χ1) is 12.5. The molecule has 0 aliphatic carbocycles. The van der Waals surface area contributed by atoms with Crippen molar-refractivity contribution in [2.24, 2.45) is 0 Å². The van der Waals surface area contributed by atoms with Crippen molar-refractivity contribution in [1.29, 1.82) is 0 Å². The molecule has 134 valence electrons. The Morgan fingerprint density at radius 1 is 1.38 bits per heavy atom. The molecule has 1 aromatic carbocycles. The molecule has 0 aliphatic heterocycles. The lowest BCUT2D eigenvalue weighted by Gasteiger charge is -2.06. The number of benzene rings is 1. The maximum absolute atomic E-state index is 12.4. The van der Waals surface area contributed by atoms with Crippen LogP contribution >= 0.6 is 0 Å². The lowest BCUT2D eigenvalue weighted by molar-refractivity contribution is -0.384. The average molecular weight is 356 g/mol. The maximum atomic E-state index is 12.4. The maximum Gasteiger partial charge on any atom is 0.270 e. The number of aromatic amines is 1. The van der Waals surface area contributed by atoms with Crippen molar-refractivity contribution >= 4 is 23.2 Å². The van der Waals surface area contributed by atoms with Crippen LogP contribution < -0.4 is 10.9 Å². The number of nitro groups is 1. The number of anilines is 1. The molecular formula is C16H16N6O4. The summed E-state index contributed by atoms with van der Waals surface area (Å²) in [6.45, 7) is 2.04. The predicted octanol–water partition coefficient (Wildman–Crippen LogP) is 1.92. The smallest absolute Gasteiger partial charge is 0.270 e. The molecule has 3 aromatic rings. The van der Waals surface area contributed by atoms with E-state index in [2.05, 4.69) is 20.4 Å². The minimum Gasteiger partial charge on any atom is -0.306 e. The highest BCUT2D eigenvalue weighted by molar-refractivity contribution is 6.04. The number of aromatic nitrogens is 4. The molecule has 10 nitrogen and oxygen atoms in total. The zero-order valence-corrected chi connectivity index (χ0v) is 13.9. The van der Waals surface area contributed by atoms with E-state index in [1.54, 1.807) is 0 Å². The Labute approximate surface area is 147 Å². The second-order valence-electron chi connectivity index (χ2n) is 5.65. The van der Waals surface area contributed by atoms with Crippen LogP contribution in [0.3, 0.4) is 0 Å². The number of unbranched alkanes of at least 4 members (excludes halogenated alkanes) is 1. The van der Waals surface area contributed by atoms with E-state index in [-0.39, 0.29) is 22.8 Å². The molecule has 0 unspecified atom stereocenters. The summed E-state index contributed by atoms with van der Waals surface area (Å²) in [6, 6.07) is 6.49. The fourth-order valence-corrected chi connectivity index (χ4v) is 2.41. The Hall–Kier alpha value is -3.56. The Bertz CT molecular complexity index is 1040. The van der Waals surface area contributed by atoms with E-state index in [4.69, 9.17) is 0 Å². The third kappa shape index (κ3) is 3.58. The van der Waals surface area contributed by atoms with Crippen LogP contribution in [0, 0.1) is 10.1 Å². The Morgan fingerprint density at radius 3 is 2.92 bits per heavy atom. The van der Waals surface area contributed by atoms with Gasteiger partial charge in [-0.2, -0.15) is 9.50 Å². The van der Waals surface area contributed by atoms with Crippen molar-refractivity contribution < 1.29 is 9.72 Å². The third-order valence-corrected chi connectivity index (χ3v) is 3.70. The van der Waals surface area contributed by atoms with Gasteiger partial charge >= 0.3 is 0 Å². The zero-order valence-electron chi connectivity index (χ0n) is 13.9. The molecular weight excluding hydrogens is 340 g/mol. The predicted molar refractivity (Wildman–Crippen MR) is 93.3 cm³/mol. The van der Waals surface area contributed by atoms with Crippen molar-refractivity contribution in [3.05, 3.63) is 62.2 Å².